The van der Waals surface area contributed by atoms with Gasteiger partial charge in [-0.25, -0.2) is 4.79 Å². The topological polar surface area (TPSA) is 84.5 Å². The van der Waals surface area contributed by atoms with Gasteiger partial charge in [-0.2, -0.15) is 0 Å². The fourth-order valence-corrected chi connectivity index (χ4v) is 4.39. The summed E-state index contributed by atoms with van der Waals surface area (Å²) < 4.78 is 4.83. The highest BCUT2D eigenvalue weighted by molar-refractivity contribution is 7.19. The van der Waals surface area contributed by atoms with Gasteiger partial charge in [0.25, 0.3) is 11.8 Å². The number of amides is 2. The second kappa shape index (κ2) is 8.55. The van der Waals surface area contributed by atoms with Crippen LogP contribution in [0.15, 0.2) is 41.8 Å². The number of rotatable bonds is 5. The van der Waals surface area contributed by atoms with Crippen LogP contribution in [-0.4, -0.2) is 24.9 Å². The molecule has 0 fully saturated rings. The second-order valence-corrected chi connectivity index (χ2v) is 8.05. The first-order valence-electron chi connectivity index (χ1n) is 8.04. The van der Waals surface area contributed by atoms with E-state index in [0.29, 0.717) is 26.0 Å². The van der Waals surface area contributed by atoms with Crippen molar-refractivity contribution in [3.63, 3.8) is 0 Å². The minimum absolute atomic E-state index is 0.161. The molecule has 3 rings (SSSR count). The van der Waals surface area contributed by atoms with E-state index < -0.39 is 11.9 Å². The average molecular weight is 435 g/mol. The molecule has 0 atom stereocenters. The van der Waals surface area contributed by atoms with Gasteiger partial charge >= 0.3 is 5.97 Å². The fourth-order valence-electron chi connectivity index (χ4n) is 2.49. The first-order chi connectivity index (χ1) is 13.4. The van der Waals surface area contributed by atoms with Gasteiger partial charge in [0.15, 0.2) is 0 Å². The van der Waals surface area contributed by atoms with E-state index in [1.165, 1.54) is 18.4 Å². The number of carbonyl (C=O) groups is 3. The fraction of sp³-hybridized carbons (Fsp3) is 0.105. The Balaban J connectivity index is 1.93. The SMILES string of the molecule is COC(=O)c1c(NC(=O)c2cccs2)sc(C(=O)Nc2cccc(Cl)c2)c1C. The van der Waals surface area contributed by atoms with Crippen LogP contribution in [0.3, 0.4) is 0 Å². The van der Waals surface area contributed by atoms with Crippen molar-refractivity contribution in [1.82, 2.24) is 0 Å². The van der Waals surface area contributed by atoms with E-state index in [1.54, 1.807) is 48.7 Å². The number of thiophene rings is 2. The molecule has 6 nitrogen and oxygen atoms in total. The molecule has 0 radical (unpaired) electrons. The molecule has 0 aliphatic carbocycles. The lowest BCUT2D eigenvalue weighted by atomic mass is 10.1. The molecule has 0 aliphatic rings. The predicted molar refractivity (Wildman–Crippen MR) is 112 cm³/mol. The van der Waals surface area contributed by atoms with E-state index in [2.05, 4.69) is 10.6 Å². The van der Waals surface area contributed by atoms with Crippen LogP contribution in [0.1, 0.15) is 35.3 Å². The molecule has 0 unspecified atom stereocenters. The second-order valence-electron chi connectivity index (χ2n) is 5.65. The smallest absolute Gasteiger partial charge is 0.341 e. The monoisotopic (exact) mass is 434 g/mol. The van der Waals surface area contributed by atoms with Crippen LogP contribution in [0.25, 0.3) is 0 Å². The normalized spacial score (nSPS) is 10.4. The highest BCUT2D eigenvalue weighted by Crippen LogP contribution is 2.35. The van der Waals surface area contributed by atoms with Gasteiger partial charge in [0.1, 0.15) is 5.00 Å². The van der Waals surface area contributed by atoms with Crippen LogP contribution < -0.4 is 10.6 Å². The molecule has 144 valence electrons. The van der Waals surface area contributed by atoms with E-state index in [-0.39, 0.29) is 16.5 Å². The highest BCUT2D eigenvalue weighted by atomic mass is 35.5. The Morgan fingerprint density at radius 3 is 2.50 bits per heavy atom. The van der Waals surface area contributed by atoms with Crippen molar-refractivity contribution in [3.8, 4) is 0 Å². The maximum Gasteiger partial charge on any atom is 0.341 e. The molecule has 0 aliphatic heterocycles. The molecule has 2 aromatic heterocycles. The van der Waals surface area contributed by atoms with Crippen molar-refractivity contribution in [2.24, 2.45) is 0 Å². The summed E-state index contributed by atoms with van der Waals surface area (Å²) in [6.45, 7) is 1.64. The molecule has 1 aromatic carbocycles. The number of carbonyl (C=O) groups excluding carboxylic acids is 3. The molecule has 0 spiro atoms. The van der Waals surface area contributed by atoms with Crippen molar-refractivity contribution in [3.05, 3.63) is 67.7 Å². The third kappa shape index (κ3) is 4.24. The minimum Gasteiger partial charge on any atom is -0.465 e. The van der Waals surface area contributed by atoms with Crippen LogP contribution in [0, 0.1) is 6.92 Å². The van der Waals surface area contributed by atoms with Crippen LogP contribution in [-0.2, 0) is 4.74 Å². The molecule has 0 bridgehead atoms. The number of anilines is 2. The van der Waals surface area contributed by atoms with Gasteiger partial charge in [0.2, 0.25) is 0 Å². The maximum absolute atomic E-state index is 12.7. The third-order valence-electron chi connectivity index (χ3n) is 3.80. The summed E-state index contributed by atoms with van der Waals surface area (Å²) in [6.07, 6.45) is 0. The van der Waals surface area contributed by atoms with Gasteiger partial charge in [-0.05, 0) is 42.1 Å². The summed E-state index contributed by atoms with van der Waals surface area (Å²) in [7, 11) is 1.25. The van der Waals surface area contributed by atoms with Crippen molar-refractivity contribution >= 4 is 62.7 Å². The third-order valence-corrected chi connectivity index (χ3v) is 6.11. The predicted octanol–water partition coefficient (Wildman–Crippen LogP) is 5.06. The molecule has 2 amide bonds. The first-order valence-corrected chi connectivity index (χ1v) is 10.1. The molecule has 28 heavy (non-hydrogen) atoms. The Hall–Kier alpha value is -2.68. The number of esters is 1. The maximum atomic E-state index is 12.7. The van der Waals surface area contributed by atoms with Gasteiger partial charge in [0.05, 0.1) is 22.4 Å². The lowest BCUT2D eigenvalue weighted by Crippen LogP contribution is -2.13. The number of ether oxygens (including phenoxy) is 1. The number of benzene rings is 1. The van der Waals surface area contributed by atoms with Crippen molar-refractivity contribution < 1.29 is 19.1 Å². The quantitative estimate of drug-likeness (QED) is 0.549. The van der Waals surface area contributed by atoms with Gasteiger partial charge in [-0.3, -0.25) is 9.59 Å². The summed E-state index contributed by atoms with van der Waals surface area (Å²) in [5.41, 5.74) is 1.11. The summed E-state index contributed by atoms with van der Waals surface area (Å²) in [5.74, 6) is -1.40. The van der Waals surface area contributed by atoms with Gasteiger partial charge < -0.3 is 15.4 Å². The highest BCUT2D eigenvalue weighted by Gasteiger charge is 2.26. The average Bonchev–Trinajstić information content (AvgIpc) is 3.29. The van der Waals surface area contributed by atoms with Gasteiger partial charge in [-0.15, -0.1) is 22.7 Å². The number of methoxy groups -OCH3 is 1. The molecule has 2 heterocycles. The van der Waals surface area contributed by atoms with Crippen LogP contribution in [0.5, 0.6) is 0 Å². The molecule has 2 N–H and O–H groups in total. The molecular formula is C19H15ClN2O4S2. The summed E-state index contributed by atoms with van der Waals surface area (Å²) >= 11 is 8.23. The zero-order valence-electron chi connectivity index (χ0n) is 14.9. The Labute approximate surface area is 174 Å². The summed E-state index contributed by atoms with van der Waals surface area (Å²) in [5, 5.41) is 7.97. The number of halogens is 1. The summed E-state index contributed by atoms with van der Waals surface area (Å²) in [4.78, 5) is 38.2. The molecule has 0 saturated heterocycles. The van der Waals surface area contributed by atoms with Gasteiger partial charge in [0, 0.05) is 10.7 Å². The van der Waals surface area contributed by atoms with Crippen molar-refractivity contribution in [1.29, 1.82) is 0 Å². The van der Waals surface area contributed by atoms with E-state index >= 15 is 0 Å². The van der Waals surface area contributed by atoms with Crippen molar-refractivity contribution in [2.75, 3.05) is 17.7 Å². The minimum atomic E-state index is -0.628. The van der Waals surface area contributed by atoms with Gasteiger partial charge in [-0.1, -0.05) is 23.7 Å². The molecule has 9 heteroatoms. The number of hydrogen-bond acceptors (Lipinski definition) is 6. The first kappa shape index (κ1) is 20.1. The number of nitrogens with one attached hydrogen (secondary N) is 2. The molecule has 3 aromatic rings. The Kier molecular flexibility index (Phi) is 6.13. The number of hydrogen-bond donors (Lipinski definition) is 2. The standard InChI is InChI=1S/C19H15ClN2O4S2/c1-10-14(19(25)26-2)18(22-16(23)13-7-4-8-27-13)28-15(10)17(24)21-12-6-3-5-11(20)9-12/h3-9H,1-2H3,(H,21,24)(H,22,23). The zero-order chi connectivity index (χ0) is 20.3. The summed E-state index contributed by atoms with van der Waals surface area (Å²) in [6, 6.07) is 10.2. The largest absolute Gasteiger partial charge is 0.465 e. The van der Waals surface area contributed by atoms with Crippen LogP contribution >= 0.6 is 34.3 Å². The van der Waals surface area contributed by atoms with E-state index in [0.717, 1.165) is 11.3 Å². The molecule has 0 saturated carbocycles. The van der Waals surface area contributed by atoms with E-state index in [9.17, 15) is 14.4 Å². The Morgan fingerprint density at radius 2 is 1.86 bits per heavy atom. The van der Waals surface area contributed by atoms with E-state index in [1.807, 2.05) is 0 Å². The van der Waals surface area contributed by atoms with Crippen LogP contribution in [0.4, 0.5) is 10.7 Å². The zero-order valence-corrected chi connectivity index (χ0v) is 17.3. The lowest BCUT2D eigenvalue weighted by molar-refractivity contribution is 0.0601. The van der Waals surface area contributed by atoms with E-state index in [4.69, 9.17) is 16.3 Å². The lowest BCUT2D eigenvalue weighted by Gasteiger charge is -2.05. The van der Waals surface area contributed by atoms with Crippen LogP contribution in [0.2, 0.25) is 5.02 Å². The Bertz CT molecular complexity index is 1040. The Morgan fingerprint density at radius 1 is 1.07 bits per heavy atom. The van der Waals surface area contributed by atoms with Crippen molar-refractivity contribution in [2.45, 2.75) is 6.92 Å². The molecular weight excluding hydrogens is 420 g/mol.